The van der Waals surface area contributed by atoms with E-state index in [4.69, 9.17) is 40.4 Å². The molecule has 1 aliphatic heterocycles. The van der Waals surface area contributed by atoms with Crippen LogP contribution in [0.1, 0.15) is 28.6 Å². The fraction of sp³-hybridized carbons (Fsp3) is 0.226. The van der Waals surface area contributed by atoms with Crippen LogP contribution in [0.25, 0.3) is 0 Å². The number of piperazine rings is 1. The summed E-state index contributed by atoms with van der Waals surface area (Å²) >= 11 is 18.0. The Morgan fingerprint density at radius 1 is 0.814 bits per heavy atom. The number of anilines is 2. The molecule has 3 aromatic carbocycles. The minimum atomic E-state index is -0.309. The highest BCUT2D eigenvalue weighted by Crippen LogP contribution is 2.30. The van der Waals surface area contributed by atoms with Crippen LogP contribution in [0.4, 0.5) is 20.4 Å². The summed E-state index contributed by atoms with van der Waals surface area (Å²) in [7, 11) is 0. The highest BCUT2D eigenvalue weighted by molar-refractivity contribution is 7.80. The van der Waals surface area contributed by atoms with E-state index < -0.39 is 0 Å². The van der Waals surface area contributed by atoms with Gasteiger partial charge in [0, 0.05) is 42.6 Å². The standard InChI is InChI=1S/C31H29Cl2F2N7S/c1-19-17-20(2)37-29(36-19)39-30(40-31(43)38-27-12-7-23(32)18-26(27)33)42-15-13-41(14-16-42)28(21-3-8-24(34)9-4-21)22-5-10-25(35)11-6-22/h3-12,17-18,28H,13-16H2,1-2H3,(H2,36,37,38,39,40,43). The van der Waals surface area contributed by atoms with Gasteiger partial charge in [0.15, 0.2) is 0 Å². The number of nitrogens with one attached hydrogen (secondary N) is 2. The Morgan fingerprint density at radius 2 is 1.37 bits per heavy atom. The van der Waals surface area contributed by atoms with Crippen LogP contribution in [0.3, 0.4) is 0 Å². The van der Waals surface area contributed by atoms with Gasteiger partial charge in [-0.25, -0.2) is 18.7 Å². The van der Waals surface area contributed by atoms with E-state index in [0.29, 0.717) is 53.8 Å². The molecule has 1 saturated heterocycles. The number of benzene rings is 3. The van der Waals surface area contributed by atoms with E-state index in [9.17, 15) is 8.78 Å². The third-order valence-corrected chi connectivity index (χ3v) is 7.68. The first kappa shape index (κ1) is 30.7. The van der Waals surface area contributed by atoms with Crippen molar-refractivity contribution in [1.29, 1.82) is 0 Å². The molecule has 43 heavy (non-hydrogen) atoms. The summed E-state index contributed by atoms with van der Waals surface area (Å²) in [6.45, 7) is 6.23. The van der Waals surface area contributed by atoms with Gasteiger partial charge in [-0.1, -0.05) is 47.5 Å². The summed E-state index contributed by atoms with van der Waals surface area (Å²) in [6, 6.07) is 19.6. The SMILES string of the molecule is Cc1cc(C)nc(N/C(=N/C(=S)Nc2ccc(Cl)cc2Cl)N2CCN(C(c3ccc(F)cc3)c3ccc(F)cc3)CC2)n1. The number of hydrogen-bond donors (Lipinski definition) is 2. The molecular formula is C31H29Cl2F2N7S. The average Bonchev–Trinajstić information content (AvgIpc) is 2.96. The van der Waals surface area contributed by atoms with E-state index >= 15 is 0 Å². The van der Waals surface area contributed by atoms with Crippen LogP contribution in [0, 0.1) is 25.5 Å². The lowest BCUT2D eigenvalue weighted by Gasteiger charge is -2.40. The van der Waals surface area contributed by atoms with Gasteiger partial charge in [0.1, 0.15) is 11.6 Å². The van der Waals surface area contributed by atoms with Crippen molar-refractivity contribution in [2.24, 2.45) is 4.99 Å². The van der Waals surface area contributed by atoms with Crippen molar-refractivity contribution < 1.29 is 8.78 Å². The Morgan fingerprint density at radius 3 is 1.91 bits per heavy atom. The highest BCUT2D eigenvalue weighted by atomic mass is 35.5. The van der Waals surface area contributed by atoms with Gasteiger partial charge in [0.2, 0.25) is 17.0 Å². The Hall–Kier alpha value is -3.70. The molecule has 0 bridgehead atoms. The number of rotatable bonds is 5. The zero-order valence-corrected chi connectivity index (χ0v) is 25.8. The topological polar surface area (TPSA) is 68.7 Å². The molecule has 0 radical (unpaired) electrons. The molecule has 0 amide bonds. The molecular weight excluding hydrogens is 611 g/mol. The van der Waals surface area contributed by atoms with Gasteiger partial charge in [-0.05, 0) is 85.7 Å². The van der Waals surface area contributed by atoms with Crippen molar-refractivity contribution in [3.63, 3.8) is 0 Å². The van der Waals surface area contributed by atoms with Crippen LogP contribution in [0.15, 0.2) is 77.8 Å². The number of thiocarbonyl (C=S) groups is 1. The molecule has 0 spiro atoms. The third kappa shape index (κ3) is 8.03. The Kier molecular flexibility index (Phi) is 9.82. The molecule has 2 N–H and O–H groups in total. The summed E-state index contributed by atoms with van der Waals surface area (Å²) < 4.78 is 27.5. The predicted octanol–water partition coefficient (Wildman–Crippen LogP) is 7.25. The zero-order chi connectivity index (χ0) is 30.5. The van der Waals surface area contributed by atoms with E-state index in [1.54, 1.807) is 42.5 Å². The van der Waals surface area contributed by atoms with Gasteiger partial charge in [-0.2, -0.15) is 4.99 Å². The quantitative estimate of drug-likeness (QED) is 0.135. The Balaban J connectivity index is 1.39. The molecule has 4 aromatic rings. The number of aromatic nitrogens is 2. The van der Waals surface area contributed by atoms with Crippen molar-refractivity contribution in [3.05, 3.63) is 117 Å². The first-order valence-corrected chi connectivity index (χ1v) is 14.7. The second kappa shape index (κ2) is 13.7. The molecule has 1 aromatic heterocycles. The van der Waals surface area contributed by atoms with Gasteiger partial charge in [-0.15, -0.1) is 0 Å². The number of aliphatic imine (C=N–C) groups is 1. The van der Waals surface area contributed by atoms with Gasteiger partial charge < -0.3 is 10.2 Å². The van der Waals surface area contributed by atoms with Crippen LogP contribution < -0.4 is 10.6 Å². The van der Waals surface area contributed by atoms with Crippen molar-refractivity contribution in [2.75, 3.05) is 36.8 Å². The molecule has 1 aliphatic rings. The molecule has 0 saturated carbocycles. The van der Waals surface area contributed by atoms with E-state index in [-0.39, 0.29) is 22.8 Å². The lowest BCUT2D eigenvalue weighted by atomic mass is 9.96. The second-order valence-corrected chi connectivity index (χ2v) is 11.3. The minimum Gasteiger partial charge on any atom is -0.340 e. The minimum absolute atomic E-state index is 0.186. The summed E-state index contributed by atoms with van der Waals surface area (Å²) in [5, 5.41) is 7.44. The van der Waals surface area contributed by atoms with Crippen LogP contribution in [0.2, 0.25) is 10.0 Å². The number of aryl methyl sites for hydroxylation is 2. The lowest BCUT2D eigenvalue weighted by Crippen LogP contribution is -2.52. The summed E-state index contributed by atoms with van der Waals surface area (Å²) in [4.78, 5) is 18.1. The van der Waals surface area contributed by atoms with Crippen LogP contribution >= 0.6 is 35.4 Å². The smallest absolute Gasteiger partial charge is 0.229 e. The highest BCUT2D eigenvalue weighted by Gasteiger charge is 2.28. The van der Waals surface area contributed by atoms with Crippen molar-refractivity contribution in [1.82, 2.24) is 19.8 Å². The fourth-order valence-electron chi connectivity index (χ4n) is 4.99. The maximum Gasteiger partial charge on any atom is 0.229 e. The van der Waals surface area contributed by atoms with Crippen LogP contribution in [-0.4, -0.2) is 57.0 Å². The molecule has 7 nitrogen and oxygen atoms in total. The number of guanidine groups is 1. The van der Waals surface area contributed by atoms with Crippen molar-refractivity contribution in [2.45, 2.75) is 19.9 Å². The average molecular weight is 641 g/mol. The van der Waals surface area contributed by atoms with Crippen LogP contribution in [-0.2, 0) is 0 Å². The molecule has 2 heterocycles. The molecule has 5 rings (SSSR count). The van der Waals surface area contributed by atoms with Crippen LogP contribution in [0.5, 0.6) is 0 Å². The first-order valence-electron chi connectivity index (χ1n) is 13.6. The van der Waals surface area contributed by atoms with E-state index in [2.05, 4.69) is 30.4 Å². The molecule has 0 atom stereocenters. The Labute approximate surface area is 264 Å². The molecule has 0 unspecified atom stereocenters. The van der Waals surface area contributed by atoms with Gasteiger partial charge in [-0.3, -0.25) is 10.2 Å². The molecule has 222 valence electrons. The zero-order valence-electron chi connectivity index (χ0n) is 23.5. The van der Waals surface area contributed by atoms with E-state index in [1.807, 2.05) is 19.9 Å². The van der Waals surface area contributed by atoms with E-state index in [1.165, 1.54) is 24.3 Å². The van der Waals surface area contributed by atoms with Crippen molar-refractivity contribution >= 4 is 58.1 Å². The monoisotopic (exact) mass is 639 g/mol. The molecule has 0 aliphatic carbocycles. The number of nitrogens with zero attached hydrogens (tertiary/aromatic N) is 5. The maximum absolute atomic E-state index is 13.8. The number of hydrogen-bond acceptors (Lipinski definition) is 4. The first-order chi connectivity index (χ1) is 20.6. The summed E-state index contributed by atoms with van der Waals surface area (Å²) in [6.07, 6.45) is 0. The third-order valence-electron chi connectivity index (χ3n) is 6.94. The predicted molar refractivity (Wildman–Crippen MR) is 173 cm³/mol. The Bertz CT molecular complexity index is 1560. The molecule has 1 fully saturated rings. The summed E-state index contributed by atoms with van der Waals surface area (Å²) in [5.74, 6) is 0.265. The number of halogens is 4. The normalized spacial score (nSPS) is 14.2. The largest absolute Gasteiger partial charge is 0.340 e. The fourth-order valence-corrected chi connectivity index (χ4v) is 5.64. The van der Waals surface area contributed by atoms with Gasteiger partial charge >= 0.3 is 0 Å². The molecule has 12 heteroatoms. The lowest BCUT2D eigenvalue weighted by molar-refractivity contribution is 0.150. The van der Waals surface area contributed by atoms with Gasteiger partial charge in [0.05, 0.1) is 16.8 Å². The van der Waals surface area contributed by atoms with E-state index in [0.717, 1.165) is 22.5 Å². The van der Waals surface area contributed by atoms with Gasteiger partial charge in [0.25, 0.3) is 0 Å². The summed E-state index contributed by atoms with van der Waals surface area (Å²) in [5.41, 5.74) is 4.04. The van der Waals surface area contributed by atoms with Crippen molar-refractivity contribution in [3.8, 4) is 0 Å². The maximum atomic E-state index is 13.8. The second-order valence-electron chi connectivity index (χ2n) is 10.1.